The standard InChI is InChI=1S/C36H28IN/c37-36(26-24-33(25-27-36)30-14-8-3-9-15-30)38(34-20-16-31(17-21-34)28-10-4-1-5-11-28)35-22-18-32(19-23-35)29-12-6-2-7-13-29/h1-26H,27H2/t36-/m1/s1. The molecule has 0 aromatic heterocycles. The smallest absolute Gasteiger partial charge is 0.119 e. The fourth-order valence-electron chi connectivity index (χ4n) is 5.06. The molecule has 6 rings (SSSR count). The number of anilines is 2. The van der Waals surface area contributed by atoms with Gasteiger partial charge in [-0.05, 0) is 86.3 Å². The van der Waals surface area contributed by atoms with Crippen LogP contribution in [0.5, 0.6) is 0 Å². The Morgan fingerprint density at radius 2 is 0.868 bits per heavy atom. The summed E-state index contributed by atoms with van der Waals surface area (Å²) in [5.41, 5.74) is 9.79. The van der Waals surface area contributed by atoms with Crippen LogP contribution < -0.4 is 4.90 Å². The van der Waals surface area contributed by atoms with Gasteiger partial charge >= 0.3 is 0 Å². The van der Waals surface area contributed by atoms with Crippen LogP contribution in [-0.2, 0) is 0 Å². The van der Waals surface area contributed by atoms with Crippen LogP contribution in [0.2, 0.25) is 0 Å². The van der Waals surface area contributed by atoms with Gasteiger partial charge in [-0.25, -0.2) is 0 Å². The van der Waals surface area contributed by atoms with Crippen molar-refractivity contribution in [1.82, 2.24) is 0 Å². The molecule has 1 nitrogen and oxygen atoms in total. The molecule has 0 heterocycles. The van der Waals surface area contributed by atoms with Gasteiger partial charge in [0.2, 0.25) is 0 Å². The van der Waals surface area contributed by atoms with Crippen LogP contribution in [0.15, 0.2) is 158 Å². The first-order chi connectivity index (χ1) is 18.7. The Morgan fingerprint density at radius 1 is 0.474 bits per heavy atom. The maximum absolute atomic E-state index is 2.62. The summed E-state index contributed by atoms with van der Waals surface area (Å²) in [6, 6.07) is 49.7. The van der Waals surface area contributed by atoms with Gasteiger partial charge in [-0.1, -0.05) is 127 Å². The molecule has 0 saturated carbocycles. The third-order valence-corrected chi connectivity index (χ3v) is 8.35. The molecule has 1 aliphatic carbocycles. The van der Waals surface area contributed by atoms with Gasteiger partial charge in [0.25, 0.3) is 0 Å². The van der Waals surface area contributed by atoms with E-state index in [9.17, 15) is 0 Å². The van der Waals surface area contributed by atoms with Crippen molar-refractivity contribution >= 4 is 39.5 Å². The van der Waals surface area contributed by atoms with E-state index >= 15 is 0 Å². The molecule has 0 bridgehead atoms. The van der Waals surface area contributed by atoms with E-state index < -0.39 is 0 Å². The number of hydrogen-bond donors (Lipinski definition) is 0. The predicted octanol–water partition coefficient (Wildman–Crippen LogP) is 10.3. The fraction of sp³-hybridized carbons (Fsp3) is 0.0556. The summed E-state index contributed by atoms with van der Waals surface area (Å²) < 4.78 is -0.238. The summed E-state index contributed by atoms with van der Waals surface area (Å²) in [4.78, 5) is 2.46. The lowest BCUT2D eigenvalue weighted by Crippen LogP contribution is -2.39. The molecule has 0 aliphatic heterocycles. The summed E-state index contributed by atoms with van der Waals surface area (Å²) in [7, 11) is 0. The van der Waals surface area contributed by atoms with Gasteiger partial charge in [0.15, 0.2) is 0 Å². The second-order valence-electron chi connectivity index (χ2n) is 9.54. The van der Waals surface area contributed by atoms with Gasteiger partial charge in [-0.2, -0.15) is 0 Å². The molecule has 2 heteroatoms. The molecular weight excluding hydrogens is 573 g/mol. The van der Waals surface area contributed by atoms with Crippen LogP contribution >= 0.6 is 22.6 Å². The first-order valence-corrected chi connectivity index (χ1v) is 14.0. The van der Waals surface area contributed by atoms with Crippen molar-refractivity contribution in [2.24, 2.45) is 0 Å². The summed E-state index contributed by atoms with van der Waals surface area (Å²) in [6.45, 7) is 0. The van der Waals surface area contributed by atoms with Gasteiger partial charge in [0, 0.05) is 17.8 Å². The molecule has 0 unspecified atom stereocenters. The molecule has 0 radical (unpaired) electrons. The number of rotatable bonds is 6. The van der Waals surface area contributed by atoms with E-state index in [1.165, 1.54) is 44.8 Å². The van der Waals surface area contributed by atoms with Crippen LogP contribution in [0.1, 0.15) is 12.0 Å². The maximum atomic E-state index is 2.62. The lowest BCUT2D eigenvalue weighted by Gasteiger charge is -2.41. The molecule has 38 heavy (non-hydrogen) atoms. The van der Waals surface area contributed by atoms with Gasteiger partial charge in [-0.15, -0.1) is 0 Å². The van der Waals surface area contributed by atoms with Crippen LogP contribution in [0.25, 0.3) is 27.8 Å². The summed E-state index contributed by atoms with van der Waals surface area (Å²) >= 11 is 2.62. The van der Waals surface area contributed by atoms with Crippen molar-refractivity contribution in [3.8, 4) is 22.3 Å². The monoisotopic (exact) mass is 601 g/mol. The number of alkyl halides is 1. The summed E-state index contributed by atoms with van der Waals surface area (Å²) in [6.07, 6.45) is 7.89. The van der Waals surface area contributed by atoms with Crippen molar-refractivity contribution < 1.29 is 0 Å². The molecule has 0 saturated heterocycles. The topological polar surface area (TPSA) is 3.24 Å². The first-order valence-electron chi connectivity index (χ1n) is 12.9. The average Bonchev–Trinajstić information content (AvgIpc) is 3.00. The van der Waals surface area contributed by atoms with Crippen molar-refractivity contribution in [3.63, 3.8) is 0 Å². The van der Waals surface area contributed by atoms with Gasteiger partial charge in [0.1, 0.15) is 3.55 Å². The Labute approximate surface area is 238 Å². The highest BCUT2D eigenvalue weighted by atomic mass is 127. The van der Waals surface area contributed by atoms with Crippen LogP contribution in [0.4, 0.5) is 11.4 Å². The van der Waals surface area contributed by atoms with Crippen LogP contribution in [0, 0.1) is 0 Å². The van der Waals surface area contributed by atoms with E-state index in [1.54, 1.807) is 0 Å². The fourth-order valence-corrected chi connectivity index (χ4v) is 6.02. The van der Waals surface area contributed by atoms with Crippen LogP contribution in [-0.4, -0.2) is 3.55 Å². The lowest BCUT2D eigenvalue weighted by atomic mass is 9.95. The van der Waals surface area contributed by atoms with E-state index in [-0.39, 0.29) is 3.55 Å². The Hall–Kier alpha value is -3.89. The van der Waals surface area contributed by atoms with Crippen molar-refractivity contribution in [1.29, 1.82) is 0 Å². The third-order valence-electron chi connectivity index (χ3n) is 7.07. The molecule has 1 atom stereocenters. The zero-order valence-corrected chi connectivity index (χ0v) is 23.2. The lowest BCUT2D eigenvalue weighted by molar-refractivity contribution is 0.759. The zero-order chi connectivity index (χ0) is 25.8. The van der Waals surface area contributed by atoms with E-state index in [0.29, 0.717) is 0 Å². The van der Waals surface area contributed by atoms with Crippen molar-refractivity contribution in [2.45, 2.75) is 9.97 Å². The zero-order valence-electron chi connectivity index (χ0n) is 21.0. The summed E-state index contributed by atoms with van der Waals surface area (Å²) in [5, 5.41) is 0. The molecule has 0 fully saturated rings. The predicted molar refractivity (Wildman–Crippen MR) is 171 cm³/mol. The number of halogens is 1. The molecule has 5 aromatic carbocycles. The van der Waals surface area contributed by atoms with Gasteiger partial charge < -0.3 is 4.90 Å². The molecular formula is C36H28IN. The Balaban J connectivity index is 1.37. The Morgan fingerprint density at radius 3 is 1.26 bits per heavy atom. The highest BCUT2D eigenvalue weighted by Crippen LogP contribution is 2.44. The normalized spacial score (nSPS) is 16.6. The van der Waals surface area contributed by atoms with E-state index in [1.807, 2.05) is 0 Å². The Kier molecular flexibility index (Phi) is 6.98. The van der Waals surface area contributed by atoms with Gasteiger partial charge in [-0.3, -0.25) is 0 Å². The van der Waals surface area contributed by atoms with Crippen molar-refractivity contribution in [3.05, 3.63) is 163 Å². The minimum absolute atomic E-state index is 0.238. The molecule has 0 N–H and O–H groups in total. The first kappa shape index (κ1) is 24.4. The van der Waals surface area contributed by atoms with Crippen LogP contribution in [0.3, 0.4) is 0 Å². The van der Waals surface area contributed by atoms with E-state index in [4.69, 9.17) is 0 Å². The number of benzene rings is 5. The number of allylic oxidation sites excluding steroid dienone is 2. The van der Waals surface area contributed by atoms with E-state index in [0.717, 1.165) is 6.42 Å². The minimum Gasteiger partial charge on any atom is -0.323 e. The quantitative estimate of drug-likeness (QED) is 0.106. The SMILES string of the molecule is I[C@@]1(N(c2ccc(-c3ccccc3)cc2)c2ccc(-c3ccccc3)cc2)C=CC(c2ccccc2)=CC1. The van der Waals surface area contributed by atoms with Crippen molar-refractivity contribution in [2.75, 3.05) is 4.90 Å². The average molecular weight is 602 g/mol. The number of hydrogen-bond acceptors (Lipinski definition) is 1. The number of nitrogens with zero attached hydrogens (tertiary/aromatic N) is 1. The van der Waals surface area contributed by atoms with Gasteiger partial charge in [0.05, 0.1) is 0 Å². The molecule has 1 aliphatic rings. The third kappa shape index (κ3) is 5.09. The highest BCUT2D eigenvalue weighted by Gasteiger charge is 2.34. The molecule has 184 valence electrons. The van der Waals surface area contributed by atoms with E-state index in [2.05, 4.69) is 185 Å². The second kappa shape index (κ2) is 10.8. The largest absolute Gasteiger partial charge is 0.323 e. The minimum atomic E-state index is -0.238. The molecule has 0 amide bonds. The molecule has 0 spiro atoms. The highest BCUT2D eigenvalue weighted by molar-refractivity contribution is 14.1. The Bertz CT molecular complexity index is 1470. The summed E-state index contributed by atoms with van der Waals surface area (Å²) in [5.74, 6) is 0. The maximum Gasteiger partial charge on any atom is 0.119 e. The molecule has 5 aromatic rings. The second-order valence-corrected chi connectivity index (χ2v) is 11.4.